The van der Waals surface area contributed by atoms with Crippen molar-refractivity contribution in [1.82, 2.24) is 14.8 Å². The number of nitrogens with zero attached hydrogens (tertiary/aromatic N) is 3. The molecule has 2 heterocycles. The first kappa shape index (κ1) is 21.2. The molecule has 1 fully saturated rings. The molecule has 5 nitrogen and oxygen atoms in total. The summed E-state index contributed by atoms with van der Waals surface area (Å²) in [6.45, 7) is 1.80. The first-order chi connectivity index (χ1) is 15.8. The molecule has 33 heavy (non-hydrogen) atoms. The third-order valence-corrected chi connectivity index (χ3v) is 5.72. The molecule has 1 aliphatic rings. The lowest BCUT2D eigenvalue weighted by molar-refractivity contribution is -0.141. The second-order valence-electron chi connectivity index (χ2n) is 8.19. The van der Waals surface area contributed by atoms with E-state index >= 15 is 0 Å². The Morgan fingerprint density at radius 3 is 2.48 bits per heavy atom. The molecule has 0 aliphatic heterocycles. The summed E-state index contributed by atoms with van der Waals surface area (Å²) in [5, 5.41) is 7.57. The average Bonchev–Trinajstić information content (AvgIpc) is 3.55. The minimum absolute atomic E-state index is 0.0524. The number of amides is 1. The molecule has 2 aromatic carbocycles. The fraction of sp³-hybridized carbons (Fsp3) is 0.240. The van der Waals surface area contributed by atoms with Crippen molar-refractivity contribution in [2.24, 2.45) is 0 Å². The Morgan fingerprint density at radius 1 is 1.06 bits per heavy atom. The van der Waals surface area contributed by atoms with E-state index < -0.39 is 11.9 Å². The second-order valence-corrected chi connectivity index (χ2v) is 8.19. The number of hydrogen-bond acceptors (Lipinski definition) is 3. The molecule has 0 saturated heterocycles. The summed E-state index contributed by atoms with van der Waals surface area (Å²) >= 11 is 0. The van der Waals surface area contributed by atoms with Gasteiger partial charge in [-0.05, 0) is 55.3 Å². The van der Waals surface area contributed by atoms with Crippen LogP contribution in [0.4, 0.5) is 18.9 Å². The fourth-order valence-corrected chi connectivity index (χ4v) is 3.80. The van der Waals surface area contributed by atoms with Crippen LogP contribution in [0.15, 0.2) is 60.7 Å². The third-order valence-electron chi connectivity index (χ3n) is 5.72. The number of pyridine rings is 1. The van der Waals surface area contributed by atoms with Crippen molar-refractivity contribution >= 4 is 22.5 Å². The Morgan fingerprint density at radius 2 is 1.82 bits per heavy atom. The molecule has 0 unspecified atom stereocenters. The van der Waals surface area contributed by atoms with Crippen molar-refractivity contribution in [2.45, 2.75) is 38.3 Å². The normalized spacial score (nSPS) is 13.9. The molecular weight excluding hydrogens is 429 g/mol. The molecule has 1 aliphatic carbocycles. The van der Waals surface area contributed by atoms with Crippen LogP contribution in [0, 0.1) is 0 Å². The molecule has 1 amide bonds. The fourth-order valence-electron chi connectivity index (χ4n) is 3.80. The van der Waals surface area contributed by atoms with Gasteiger partial charge in [0.2, 0.25) is 5.91 Å². The smallest absolute Gasteiger partial charge is 0.326 e. The Balaban J connectivity index is 1.43. The van der Waals surface area contributed by atoms with Crippen molar-refractivity contribution in [3.63, 3.8) is 0 Å². The zero-order chi connectivity index (χ0) is 23.2. The first-order valence-electron chi connectivity index (χ1n) is 10.8. The van der Waals surface area contributed by atoms with Crippen LogP contribution >= 0.6 is 0 Å². The van der Waals surface area contributed by atoms with Crippen molar-refractivity contribution in [1.29, 1.82) is 0 Å². The number of hydrogen-bond donors (Lipinski definition) is 1. The van der Waals surface area contributed by atoms with Crippen LogP contribution < -0.4 is 5.32 Å². The molecule has 1 N–H and O–H groups in total. The number of anilines is 1. The van der Waals surface area contributed by atoms with E-state index in [2.05, 4.69) is 10.4 Å². The number of carbonyl (C=O) groups excluding carboxylic acids is 1. The second kappa shape index (κ2) is 8.03. The summed E-state index contributed by atoms with van der Waals surface area (Å²) in [4.78, 5) is 16.3. The highest BCUT2D eigenvalue weighted by Crippen LogP contribution is 2.43. The highest BCUT2D eigenvalue weighted by Gasteiger charge is 2.38. The Kier molecular flexibility index (Phi) is 5.15. The van der Waals surface area contributed by atoms with Gasteiger partial charge in [0.15, 0.2) is 5.69 Å². The predicted octanol–water partition coefficient (Wildman–Crippen LogP) is 6.33. The van der Waals surface area contributed by atoms with E-state index in [1.807, 2.05) is 42.5 Å². The number of benzene rings is 2. The SMILES string of the molecule is CCC(=O)Nc1ccc2nc(-c3ccc(-n4nc(C(F)(F)F)cc4C4CC4)cc3)ccc2c1. The van der Waals surface area contributed by atoms with Crippen LogP contribution in [-0.2, 0) is 11.0 Å². The quantitative estimate of drug-likeness (QED) is 0.386. The number of carbonyl (C=O) groups is 1. The summed E-state index contributed by atoms with van der Waals surface area (Å²) in [6.07, 6.45) is -2.30. The lowest BCUT2D eigenvalue weighted by atomic mass is 10.1. The zero-order valence-corrected chi connectivity index (χ0v) is 17.9. The lowest BCUT2D eigenvalue weighted by Gasteiger charge is -2.09. The van der Waals surface area contributed by atoms with E-state index in [0.29, 0.717) is 17.8 Å². The van der Waals surface area contributed by atoms with Gasteiger partial charge >= 0.3 is 6.18 Å². The van der Waals surface area contributed by atoms with Crippen LogP contribution in [-0.4, -0.2) is 20.7 Å². The average molecular weight is 450 g/mol. The number of fused-ring (bicyclic) bond motifs is 1. The lowest BCUT2D eigenvalue weighted by Crippen LogP contribution is -2.09. The molecular formula is C25H21F3N4O. The summed E-state index contributed by atoms with van der Waals surface area (Å²) < 4.78 is 41.0. The number of halogens is 3. The van der Waals surface area contributed by atoms with Gasteiger partial charge in [0.1, 0.15) is 0 Å². The maximum absolute atomic E-state index is 13.2. The van der Waals surface area contributed by atoms with Crippen LogP contribution in [0.1, 0.15) is 43.5 Å². The number of nitrogens with one attached hydrogen (secondary N) is 1. The summed E-state index contributed by atoms with van der Waals surface area (Å²) in [5.41, 5.74) is 3.43. The van der Waals surface area contributed by atoms with Crippen molar-refractivity contribution in [3.05, 3.63) is 72.1 Å². The highest BCUT2D eigenvalue weighted by atomic mass is 19.4. The summed E-state index contributed by atoms with van der Waals surface area (Å²) in [7, 11) is 0. The van der Waals surface area contributed by atoms with Crippen molar-refractivity contribution < 1.29 is 18.0 Å². The zero-order valence-electron chi connectivity index (χ0n) is 17.9. The number of rotatable bonds is 5. The monoisotopic (exact) mass is 450 g/mol. The van der Waals surface area contributed by atoms with E-state index in [9.17, 15) is 18.0 Å². The number of aromatic nitrogens is 3. The maximum atomic E-state index is 13.2. The largest absolute Gasteiger partial charge is 0.435 e. The molecule has 0 atom stereocenters. The van der Waals surface area contributed by atoms with Gasteiger partial charge in [-0.3, -0.25) is 4.79 Å². The molecule has 1 saturated carbocycles. The molecule has 0 spiro atoms. The predicted molar refractivity (Wildman–Crippen MR) is 120 cm³/mol. The van der Waals surface area contributed by atoms with Gasteiger partial charge < -0.3 is 5.32 Å². The number of alkyl halides is 3. The van der Waals surface area contributed by atoms with Gasteiger partial charge in [0, 0.05) is 34.7 Å². The van der Waals surface area contributed by atoms with Crippen LogP contribution in [0.25, 0.3) is 27.8 Å². The van der Waals surface area contributed by atoms with E-state index in [-0.39, 0.29) is 11.8 Å². The molecule has 8 heteroatoms. The molecule has 168 valence electrons. The van der Waals surface area contributed by atoms with Crippen LogP contribution in [0.5, 0.6) is 0 Å². The van der Waals surface area contributed by atoms with Gasteiger partial charge in [0.05, 0.1) is 16.9 Å². The van der Waals surface area contributed by atoms with E-state index in [0.717, 1.165) is 46.8 Å². The highest BCUT2D eigenvalue weighted by molar-refractivity contribution is 5.93. The molecule has 0 bridgehead atoms. The molecule has 4 aromatic rings. The van der Waals surface area contributed by atoms with Gasteiger partial charge in [-0.2, -0.15) is 18.3 Å². The standard InChI is InChI=1S/C25H21F3N4O/c1-2-24(33)29-18-8-12-21-17(13-18)7-11-20(30-21)15-5-9-19(10-6-15)32-22(16-3-4-16)14-23(31-32)25(26,27)28/h5-14,16H,2-4H2,1H3,(H,29,33). The van der Waals surface area contributed by atoms with E-state index in [4.69, 9.17) is 4.98 Å². The van der Waals surface area contributed by atoms with Crippen molar-refractivity contribution in [2.75, 3.05) is 5.32 Å². The minimum Gasteiger partial charge on any atom is -0.326 e. The Labute approximate surface area is 188 Å². The van der Waals surface area contributed by atoms with Gasteiger partial charge in [-0.15, -0.1) is 0 Å². The molecule has 5 rings (SSSR count). The van der Waals surface area contributed by atoms with Crippen LogP contribution in [0.2, 0.25) is 0 Å². The van der Waals surface area contributed by atoms with Gasteiger partial charge in [-0.1, -0.05) is 25.1 Å². The van der Waals surface area contributed by atoms with E-state index in [1.165, 1.54) is 4.68 Å². The topological polar surface area (TPSA) is 59.8 Å². The summed E-state index contributed by atoms with van der Waals surface area (Å²) in [6, 6.07) is 17.7. The first-order valence-corrected chi connectivity index (χ1v) is 10.8. The van der Waals surface area contributed by atoms with Crippen LogP contribution in [0.3, 0.4) is 0 Å². The molecule has 2 aromatic heterocycles. The Hall–Kier alpha value is -3.68. The summed E-state index contributed by atoms with van der Waals surface area (Å²) in [5.74, 6) is 0.0748. The minimum atomic E-state index is -4.47. The van der Waals surface area contributed by atoms with E-state index in [1.54, 1.807) is 19.1 Å². The molecule has 0 radical (unpaired) electrons. The Bertz CT molecular complexity index is 1340. The maximum Gasteiger partial charge on any atom is 0.435 e. The third kappa shape index (κ3) is 4.33. The van der Waals surface area contributed by atoms with Crippen molar-refractivity contribution in [3.8, 4) is 16.9 Å². The van der Waals surface area contributed by atoms with Gasteiger partial charge in [0.25, 0.3) is 0 Å². The van der Waals surface area contributed by atoms with Gasteiger partial charge in [-0.25, -0.2) is 9.67 Å².